The minimum atomic E-state index is -4.45. The highest BCUT2D eigenvalue weighted by Crippen LogP contribution is 2.28. The van der Waals surface area contributed by atoms with E-state index in [9.17, 15) is 18.0 Å². The van der Waals surface area contributed by atoms with Gasteiger partial charge < -0.3 is 10.1 Å². The predicted octanol–water partition coefficient (Wildman–Crippen LogP) is 3.95. The van der Waals surface area contributed by atoms with Gasteiger partial charge >= 0.3 is 6.18 Å². The van der Waals surface area contributed by atoms with Crippen molar-refractivity contribution < 1.29 is 22.7 Å². The third kappa shape index (κ3) is 5.03. The molecule has 0 aliphatic rings. The van der Waals surface area contributed by atoms with Crippen molar-refractivity contribution in [2.75, 3.05) is 13.2 Å². The number of alkyl halides is 3. The highest BCUT2D eigenvalue weighted by molar-refractivity contribution is 5.84. The molecule has 148 valence electrons. The first-order valence-corrected chi connectivity index (χ1v) is 8.83. The number of nitrogens with one attached hydrogen (secondary N) is 1. The van der Waals surface area contributed by atoms with Crippen molar-refractivity contribution in [1.29, 1.82) is 0 Å². The number of hydrogen-bond acceptors (Lipinski definition) is 3. The van der Waals surface area contributed by atoms with Crippen molar-refractivity contribution in [1.82, 2.24) is 15.1 Å². The number of fused-ring (bicyclic) bond motifs is 1. The van der Waals surface area contributed by atoms with Gasteiger partial charge in [0.1, 0.15) is 5.75 Å². The minimum absolute atomic E-state index is 0.128. The van der Waals surface area contributed by atoms with E-state index in [2.05, 4.69) is 10.4 Å². The van der Waals surface area contributed by atoms with Gasteiger partial charge in [0.25, 0.3) is 5.91 Å². The molecule has 28 heavy (non-hydrogen) atoms. The first-order chi connectivity index (χ1) is 13.3. The van der Waals surface area contributed by atoms with Gasteiger partial charge in [-0.1, -0.05) is 30.3 Å². The van der Waals surface area contributed by atoms with Gasteiger partial charge in [-0.2, -0.15) is 18.3 Å². The highest BCUT2D eigenvalue weighted by Gasteiger charge is 2.34. The van der Waals surface area contributed by atoms with Crippen molar-refractivity contribution >= 4 is 16.7 Å². The Balaban J connectivity index is 1.41. The molecule has 8 heteroatoms. The van der Waals surface area contributed by atoms with Crippen LogP contribution in [0.1, 0.15) is 17.8 Å². The Labute approximate surface area is 160 Å². The fourth-order valence-electron chi connectivity index (χ4n) is 2.79. The lowest BCUT2D eigenvalue weighted by molar-refractivity contribution is -0.141. The number of amides is 1. The summed E-state index contributed by atoms with van der Waals surface area (Å²) in [6, 6.07) is 14.4. The summed E-state index contributed by atoms with van der Waals surface area (Å²) in [7, 11) is 0. The lowest BCUT2D eigenvalue weighted by Gasteiger charge is -2.09. The van der Waals surface area contributed by atoms with Crippen molar-refractivity contribution in [2.45, 2.75) is 26.1 Å². The number of nitrogens with zero attached hydrogens (tertiary/aromatic N) is 2. The van der Waals surface area contributed by atoms with E-state index in [1.807, 2.05) is 36.4 Å². The average Bonchev–Trinajstić information content (AvgIpc) is 3.04. The smallest absolute Gasteiger partial charge is 0.435 e. The molecule has 3 rings (SSSR count). The topological polar surface area (TPSA) is 56.2 Å². The first kappa shape index (κ1) is 19.7. The number of carbonyl (C=O) groups is 1. The van der Waals surface area contributed by atoms with Crippen LogP contribution in [0.4, 0.5) is 13.2 Å². The van der Waals surface area contributed by atoms with E-state index in [1.165, 1.54) is 4.68 Å². The van der Waals surface area contributed by atoms with Gasteiger partial charge in [0.2, 0.25) is 0 Å². The molecule has 0 unspecified atom stereocenters. The third-order valence-corrected chi connectivity index (χ3v) is 4.23. The SMILES string of the molecule is Cc1cc(C(F)(F)F)nn1CCCNC(=O)COc1ccc2ccccc2c1. The van der Waals surface area contributed by atoms with Gasteiger partial charge in [0.15, 0.2) is 12.3 Å². The second kappa shape index (κ2) is 8.33. The van der Waals surface area contributed by atoms with Crippen LogP contribution in [0.2, 0.25) is 0 Å². The summed E-state index contributed by atoms with van der Waals surface area (Å²) in [4.78, 5) is 11.9. The van der Waals surface area contributed by atoms with Crippen LogP contribution in [0.25, 0.3) is 10.8 Å². The fourth-order valence-corrected chi connectivity index (χ4v) is 2.79. The average molecular weight is 391 g/mol. The molecule has 1 N–H and O–H groups in total. The van der Waals surface area contributed by atoms with Crippen molar-refractivity contribution in [3.63, 3.8) is 0 Å². The summed E-state index contributed by atoms with van der Waals surface area (Å²) in [5, 5.41) is 8.35. The van der Waals surface area contributed by atoms with Crippen molar-refractivity contribution in [3.05, 3.63) is 59.9 Å². The maximum Gasteiger partial charge on any atom is 0.435 e. The zero-order valence-corrected chi connectivity index (χ0v) is 15.3. The number of aryl methyl sites for hydroxylation is 2. The molecule has 0 saturated carbocycles. The van der Waals surface area contributed by atoms with Crippen LogP contribution in [-0.2, 0) is 17.5 Å². The molecule has 1 aromatic heterocycles. The van der Waals surface area contributed by atoms with E-state index in [1.54, 1.807) is 13.0 Å². The molecule has 0 aliphatic heterocycles. The van der Waals surface area contributed by atoms with E-state index < -0.39 is 11.9 Å². The summed E-state index contributed by atoms with van der Waals surface area (Å²) in [5.74, 6) is 0.307. The standard InChI is InChI=1S/C20H20F3N3O2/c1-14-11-18(20(21,22)23)25-26(14)10-4-9-24-19(27)13-28-17-8-7-15-5-2-3-6-16(15)12-17/h2-3,5-8,11-12H,4,9-10,13H2,1H3,(H,24,27). The monoisotopic (exact) mass is 391 g/mol. The molecule has 0 atom stereocenters. The number of aromatic nitrogens is 2. The van der Waals surface area contributed by atoms with Crippen LogP contribution in [0.3, 0.4) is 0 Å². The van der Waals surface area contributed by atoms with Gasteiger partial charge in [0.05, 0.1) is 0 Å². The zero-order valence-electron chi connectivity index (χ0n) is 15.3. The molecule has 1 amide bonds. The predicted molar refractivity (Wildman–Crippen MR) is 99.0 cm³/mol. The van der Waals surface area contributed by atoms with Crippen molar-refractivity contribution in [3.8, 4) is 5.75 Å². The quantitative estimate of drug-likeness (QED) is 0.621. The molecule has 0 fully saturated rings. The number of halogens is 3. The Hall–Kier alpha value is -3.03. The number of rotatable bonds is 7. The second-order valence-electron chi connectivity index (χ2n) is 6.39. The van der Waals surface area contributed by atoms with Crippen LogP contribution in [0, 0.1) is 6.92 Å². The van der Waals surface area contributed by atoms with Crippen LogP contribution in [-0.4, -0.2) is 28.8 Å². The molecule has 0 radical (unpaired) electrons. The Kier molecular flexibility index (Phi) is 5.87. The Bertz CT molecular complexity index is 967. The number of carbonyl (C=O) groups excluding carboxylic acids is 1. The Morgan fingerprint density at radius 2 is 1.89 bits per heavy atom. The maximum atomic E-state index is 12.6. The van der Waals surface area contributed by atoms with Gasteiger partial charge in [-0.15, -0.1) is 0 Å². The van der Waals surface area contributed by atoms with Gasteiger partial charge in [-0.3, -0.25) is 9.48 Å². The Morgan fingerprint density at radius 3 is 2.61 bits per heavy atom. The molecular weight excluding hydrogens is 371 g/mol. The first-order valence-electron chi connectivity index (χ1n) is 8.83. The Morgan fingerprint density at radius 1 is 1.14 bits per heavy atom. The number of hydrogen-bond donors (Lipinski definition) is 1. The van der Waals surface area contributed by atoms with Crippen LogP contribution >= 0.6 is 0 Å². The molecule has 5 nitrogen and oxygen atoms in total. The van der Waals surface area contributed by atoms with Gasteiger partial charge in [0, 0.05) is 18.8 Å². The molecule has 0 aliphatic carbocycles. The molecule has 2 aromatic carbocycles. The summed E-state index contributed by atoms with van der Waals surface area (Å²) in [5.41, 5.74) is -0.476. The second-order valence-corrected chi connectivity index (χ2v) is 6.39. The van der Waals surface area contributed by atoms with Gasteiger partial charge in [-0.25, -0.2) is 0 Å². The molecule has 1 heterocycles. The fraction of sp³-hybridized carbons (Fsp3) is 0.300. The third-order valence-electron chi connectivity index (χ3n) is 4.23. The lowest BCUT2D eigenvalue weighted by atomic mass is 10.1. The molecule has 3 aromatic rings. The lowest BCUT2D eigenvalue weighted by Crippen LogP contribution is -2.30. The normalized spacial score (nSPS) is 11.6. The highest BCUT2D eigenvalue weighted by atomic mass is 19.4. The molecular formula is C20H20F3N3O2. The summed E-state index contributed by atoms with van der Waals surface area (Å²) < 4.78 is 44.7. The van der Waals surface area contributed by atoms with E-state index in [4.69, 9.17) is 4.74 Å². The molecule has 0 spiro atoms. The maximum absolute atomic E-state index is 12.6. The number of ether oxygens (including phenoxy) is 1. The van der Waals surface area contributed by atoms with Crippen LogP contribution in [0.15, 0.2) is 48.5 Å². The zero-order chi connectivity index (χ0) is 20.1. The minimum Gasteiger partial charge on any atom is -0.484 e. The summed E-state index contributed by atoms with van der Waals surface area (Å²) in [6.07, 6.45) is -3.99. The van der Waals surface area contributed by atoms with Crippen molar-refractivity contribution in [2.24, 2.45) is 0 Å². The molecule has 0 bridgehead atoms. The van der Waals surface area contributed by atoms with Gasteiger partial charge in [-0.05, 0) is 42.3 Å². The largest absolute Gasteiger partial charge is 0.484 e. The summed E-state index contributed by atoms with van der Waals surface area (Å²) in [6.45, 7) is 2.05. The van der Waals surface area contributed by atoms with Crippen LogP contribution in [0.5, 0.6) is 5.75 Å². The van der Waals surface area contributed by atoms with Crippen LogP contribution < -0.4 is 10.1 Å². The van der Waals surface area contributed by atoms with E-state index in [-0.39, 0.29) is 19.1 Å². The van der Waals surface area contributed by atoms with E-state index in [0.29, 0.717) is 24.4 Å². The van der Waals surface area contributed by atoms with E-state index >= 15 is 0 Å². The summed E-state index contributed by atoms with van der Waals surface area (Å²) >= 11 is 0. The number of benzene rings is 2. The molecule has 0 saturated heterocycles. The van der Waals surface area contributed by atoms with E-state index in [0.717, 1.165) is 16.8 Å².